The lowest BCUT2D eigenvalue weighted by molar-refractivity contribution is 0.338. The Morgan fingerprint density at radius 2 is 2.25 bits per heavy atom. The Hall–Kier alpha value is -0.560. The lowest BCUT2D eigenvalue weighted by Crippen LogP contribution is -2.15. The largest absolute Gasteiger partial charge is 0.392 e. The summed E-state index contributed by atoms with van der Waals surface area (Å²) in [5, 5.41) is 8.79. The van der Waals surface area contributed by atoms with Gasteiger partial charge in [-0.2, -0.15) is 0 Å². The molecule has 0 bridgehead atoms. The summed E-state index contributed by atoms with van der Waals surface area (Å²) in [5.74, 6) is 1.33. The van der Waals surface area contributed by atoms with Crippen LogP contribution < -0.4 is 0 Å². The van der Waals surface area contributed by atoms with Crippen molar-refractivity contribution in [2.45, 2.75) is 26.7 Å². The van der Waals surface area contributed by atoms with Crippen LogP contribution in [0.5, 0.6) is 0 Å². The number of rotatable bonds is 1. The van der Waals surface area contributed by atoms with Crippen LogP contribution in [0.3, 0.4) is 0 Å². The molecule has 1 nitrogen and oxygen atoms in total. The van der Waals surface area contributed by atoms with Crippen LogP contribution in [0.15, 0.2) is 23.8 Å². The predicted octanol–water partition coefficient (Wildman–Crippen LogP) is 2.53. The Morgan fingerprint density at radius 3 is 2.83 bits per heavy atom. The molecule has 1 heteroatoms. The molecule has 0 amide bonds. The quantitative estimate of drug-likeness (QED) is 0.634. The molecule has 0 aromatic carbocycles. The van der Waals surface area contributed by atoms with Gasteiger partial charge in [0.15, 0.2) is 0 Å². The maximum atomic E-state index is 8.79. The molecule has 1 saturated carbocycles. The molecule has 1 fully saturated rings. The van der Waals surface area contributed by atoms with Crippen molar-refractivity contribution in [2.24, 2.45) is 11.8 Å². The van der Waals surface area contributed by atoms with Crippen molar-refractivity contribution in [1.82, 2.24) is 0 Å². The average Bonchev–Trinajstić information content (AvgIpc) is 2.00. The number of allylic oxidation sites excluding steroid dienone is 2. The summed E-state index contributed by atoms with van der Waals surface area (Å²) < 4.78 is 0. The minimum Gasteiger partial charge on any atom is -0.392 e. The summed E-state index contributed by atoms with van der Waals surface area (Å²) >= 11 is 0. The van der Waals surface area contributed by atoms with Crippen LogP contribution in [-0.4, -0.2) is 11.7 Å². The van der Waals surface area contributed by atoms with Gasteiger partial charge in [0.1, 0.15) is 0 Å². The highest BCUT2D eigenvalue weighted by molar-refractivity contribution is 5.32. The van der Waals surface area contributed by atoms with E-state index < -0.39 is 0 Å². The van der Waals surface area contributed by atoms with Gasteiger partial charge in [-0.15, -0.1) is 0 Å². The molecule has 0 radical (unpaired) electrons. The van der Waals surface area contributed by atoms with Crippen molar-refractivity contribution in [3.63, 3.8) is 0 Å². The molecule has 1 rings (SSSR count). The normalized spacial score (nSPS) is 34.2. The molecule has 0 spiro atoms. The third-order valence-corrected chi connectivity index (χ3v) is 2.67. The Labute approximate surface area is 74.8 Å². The smallest absolute Gasteiger partial charge is 0.0618 e. The Bertz CT molecular complexity index is 203. The first kappa shape index (κ1) is 9.53. The maximum absolute atomic E-state index is 8.79. The van der Waals surface area contributed by atoms with Crippen LogP contribution >= 0.6 is 0 Å². The highest BCUT2D eigenvalue weighted by Crippen LogP contribution is 2.35. The zero-order valence-electron chi connectivity index (χ0n) is 8.01. The molecule has 2 atom stereocenters. The van der Waals surface area contributed by atoms with Crippen molar-refractivity contribution in [3.05, 3.63) is 23.8 Å². The van der Waals surface area contributed by atoms with E-state index in [1.165, 1.54) is 17.6 Å². The van der Waals surface area contributed by atoms with Gasteiger partial charge in [-0.05, 0) is 35.8 Å². The summed E-state index contributed by atoms with van der Waals surface area (Å²) in [6.07, 6.45) is 4.22. The van der Waals surface area contributed by atoms with E-state index in [2.05, 4.69) is 20.4 Å². The second-order valence-corrected chi connectivity index (χ2v) is 3.88. The van der Waals surface area contributed by atoms with Crippen molar-refractivity contribution in [1.29, 1.82) is 0 Å². The number of hydrogen-bond acceptors (Lipinski definition) is 1. The second-order valence-electron chi connectivity index (χ2n) is 3.88. The molecule has 0 aliphatic heterocycles. The fourth-order valence-corrected chi connectivity index (χ4v) is 1.98. The minimum atomic E-state index is 0.147. The molecule has 0 unspecified atom stereocenters. The van der Waals surface area contributed by atoms with E-state index >= 15 is 0 Å². The molecule has 1 aliphatic carbocycles. The average molecular weight is 166 g/mol. The molecule has 1 aliphatic rings. The van der Waals surface area contributed by atoms with Gasteiger partial charge in [0, 0.05) is 0 Å². The topological polar surface area (TPSA) is 20.2 Å². The molecular formula is C11H18O. The molecular weight excluding hydrogens is 148 g/mol. The molecule has 0 aromatic heterocycles. The molecule has 0 aromatic rings. The van der Waals surface area contributed by atoms with E-state index in [1.807, 2.05) is 6.08 Å². The van der Waals surface area contributed by atoms with E-state index in [0.29, 0.717) is 5.92 Å². The van der Waals surface area contributed by atoms with Gasteiger partial charge in [-0.3, -0.25) is 0 Å². The number of aliphatic hydroxyl groups excluding tert-OH is 1. The lowest BCUT2D eigenvalue weighted by Gasteiger charge is -2.28. The van der Waals surface area contributed by atoms with E-state index in [-0.39, 0.29) is 6.61 Å². The van der Waals surface area contributed by atoms with Crippen LogP contribution in [0, 0.1) is 11.8 Å². The first-order valence-corrected chi connectivity index (χ1v) is 4.64. The van der Waals surface area contributed by atoms with Crippen molar-refractivity contribution < 1.29 is 5.11 Å². The Balaban J connectivity index is 2.73. The monoisotopic (exact) mass is 166 g/mol. The van der Waals surface area contributed by atoms with Gasteiger partial charge in [0.05, 0.1) is 6.61 Å². The van der Waals surface area contributed by atoms with Crippen LogP contribution in [-0.2, 0) is 0 Å². The van der Waals surface area contributed by atoms with E-state index in [4.69, 9.17) is 5.11 Å². The van der Waals surface area contributed by atoms with Gasteiger partial charge >= 0.3 is 0 Å². The molecule has 12 heavy (non-hydrogen) atoms. The highest BCUT2D eigenvalue weighted by atomic mass is 16.2. The predicted molar refractivity (Wildman–Crippen MR) is 51.9 cm³/mol. The van der Waals surface area contributed by atoms with Crippen molar-refractivity contribution in [2.75, 3.05) is 6.61 Å². The zero-order chi connectivity index (χ0) is 9.14. The van der Waals surface area contributed by atoms with Crippen molar-refractivity contribution >= 4 is 0 Å². The maximum Gasteiger partial charge on any atom is 0.0618 e. The standard InChI is InChI=1S/C11H18O/c1-8-6-9(2)10(3)11(7-8)4-5-12/h4,8-9,12H,3,5-7H2,1-2H3/b11-4+/t8-,9-/m0/s1. The van der Waals surface area contributed by atoms with E-state index in [1.54, 1.807) is 0 Å². The summed E-state index contributed by atoms with van der Waals surface area (Å²) in [4.78, 5) is 0. The van der Waals surface area contributed by atoms with Crippen molar-refractivity contribution in [3.8, 4) is 0 Å². The summed E-state index contributed by atoms with van der Waals surface area (Å²) in [7, 11) is 0. The summed E-state index contributed by atoms with van der Waals surface area (Å²) in [6.45, 7) is 8.67. The first-order chi connectivity index (χ1) is 5.65. The molecule has 1 N–H and O–H groups in total. The first-order valence-electron chi connectivity index (χ1n) is 4.64. The lowest BCUT2D eigenvalue weighted by atomic mass is 9.77. The highest BCUT2D eigenvalue weighted by Gasteiger charge is 2.21. The van der Waals surface area contributed by atoms with Gasteiger partial charge in [-0.1, -0.05) is 26.5 Å². The SMILES string of the molecule is C=C1/C(=C/CO)C[C@@H](C)C[C@@H]1C. The zero-order valence-corrected chi connectivity index (χ0v) is 8.01. The van der Waals surface area contributed by atoms with Gasteiger partial charge in [0.25, 0.3) is 0 Å². The van der Waals surface area contributed by atoms with Crippen LogP contribution in [0.1, 0.15) is 26.7 Å². The molecule has 0 heterocycles. The van der Waals surface area contributed by atoms with Gasteiger partial charge in [-0.25, -0.2) is 0 Å². The third-order valence-electron chi connectivity index (χ3n) is 2.67. The summed E-state index contributed by atoms with van der Waals surface area (Å²) in [5.41, 5.74) is 2.49. The Kier molecular flexibility index (Phi) is 3.10. The Morgan fingerprint density at radius 1 is 1.58 bits per heavy atom. The molecule has 0 saturated heterocycles. The van der Waals surface area contributed by atoms with Gasteiger partial charge < -0.3 is 5.11 Å². The van der Waals surface area contributed by atoms with E-state index in [0.717, 1.165) is 12.3 Å². The van der Waals surface area contributed by atoms with Crippen LogP contribution in [0.2, 0.25) is 0 Å². The fraction of sp³-hybridized carbons (Fsp3) is 0.636. The minimum absolute atomic E-state index is 0.147. The molecule has 68 valence electrons. The number of hydrogen-bond donors (Lipinski definition) is 1. The summed E-state index contributed by atoms with van der Waals surface area (Å²) in [6, 6.07) is 0. The van der Waals surface area contributed by atoms with Crippen LogP contribution in [0.4, 0.5) is 0 Å². The van der Waals surface area contributed by atoms with Crippen LogP contribution in [0.25, 0.3) is 0 Å². The number of aliphatic hydroxyl groups is 1. The fourth-order valence-electron chi connectivity index (χ4n) is 1.98. The third kappa shape index (κ3) is 1.98. The van der Waals surface area contributed by atoms with Gasteiger partial charge in [0.2, 0.25) is 0 Å². The second kappa shape index (κ2) is 3.90. The van der Waals surface area contributed by atoms with E-state index in [9.17, 15) is 0 Å².